The summed E-state index contributed by atoms with van der Waals surface area (Å²) in [6.45, 7) is 0. The van der Waals surface area contributed by atoms with Crippen LogP contribution in [0.15, 0.2) is 155 Å². The summed E-state index contributed by atoms with van der Waals surface area (Å²) in [5.41, 5.74) is 7.96. The Hall–Kier alpha value is -6.40. The standard InChI is InChI=1S/C40H24N4O2/c1-2-6-26-21-27(10-9-25(26)5-1)28-11-12-33-34(22-28)38(30-14-16-42-36(24-30)40-44-18-20-46-40)32-8-4-3-7-31(32)37(33)29-13-15-41-35(23-29)39-43-17-19-45-39/h1-24H. The van der Waals surface area contributed by atoms with Gasteiger partial charge in [-0.3, -0.25) is 9.97 Å². The summed E-state index contributed by atoms with van der Waals surface area (Å²) in [6, 6.07) is 38.7. The number of hydrogen-bond acceptors (Lipinski definition) is 6. The number of rotatable bonds is 5. The van der Waals surface area contributed by atoms with Crippen LogP contribution in [0.5, 0.6) is 0 Å². The summed E-state index contributed by atoms with van der Waals surface area (Å²) in [4.78, 5) is 17.9. The van der Waals surface area contributed by atoms with Gasteiger partial charge in [0.05, 0.1) is 12.4 Å². The van der Waals surface area contributed by atoms with E-state index in [1.807, 2.05) is 12.4 Å². The molecule has 0 radical (unpaired) electrons. The second-order valence-electron chi connectivity index (χ2n) is 11.2. The van der Waals surface area contributed by atoms with Crippen LogP contribution in [0.2, 0.25) is 0 Å². The van der Waals surface area contributed by atoms with Crippen molar-refractivity contribution in [1.82, 2.24) is 19.9 Å². The molecule has 4 aromatic heterocycles. The van der Waals surface area contributed by atoms with E-state index in [0.29, 0.717) is 23.2 Å². The van der Waals surface area contributed by atoms with Gasteiger partial charge in [0.25, 0.3) is 0 Å². The molecule has 4 heterocycles. The largest absolute Gasteiger partial charge is 0.443 e. The zero-order valence-electron chi connectivity index (χ0n) is 24.5. The molecule has 6 nitrogen and oxygen atoms in total. The van der Waals surface area contributed by atoms with Crippen LogP contribution in [0.3, 0.4) is 0 Å². The van der Waals surface area contributed by atoms with Crippen molar-refractivity contribution in [3.05, 3.63) is 147 Å². The van der Waals surface area contributed by atoms with E-state index in [-0.39, 0.29) is 0 Å². The zero-order chi connectivity index (χ0) is 30.5. The molecule has 0 spiro atoms. The van der Waals surface area contributed by atoms with Gasteiger partial charge in [-0.05, 0) is 102 Å². The van der Waals surface area contributed by atoms with Crippen LogP contribution in [0.4, 0.5) is 0 Å². The number of oxazole rings is 2. The Bertz CT molecular complexity index is 2540. The van der Waals surface area contributed by atoms with Gasteiger partial charge in [0.1, 0.15) is 23.9 Å². The Kier molecular flexibility index (Phi) is 6.03. The number of nitrogens with zero attached hydrogens (tertiary/aromatic N) is 4. The Morgan fingerprint density at radius 3 is 1.54 bits per heavy atom. The van der Waals surface area contributed by atoms with Gasteiger partial charge in [-0.25, -0.2) is 9.97 Å². The highest BCUT2D eigenvalue weighted by Gasteiger charge is 2.19. The van der Waals surface area contributed by atoms with Crippen LogP contribution in [0, 0.1) is 0 Å². The van der Waals surface area contributed by atoms with Gasteiger partial charge in [-0.1, -0.05) is 72.8 Å². The van der Waals surface area contributed by atoms with Crippen molar-refractivity contribution in [2.24, 2.45) is 0 Å². The summed E-state index contributed by atoms with van der Waals surface area (Å²) in [5, 5.41) is 6.93. The quantitative estimate of drug-likeness (QED) is 0.185. The number of benzene rings is 5. The minimum atomic E-state index is 0.486. The average molecular weight is 593 g/mol. The molecular formula is C40H24N4O2. The summed E-state index contributed by atoms with van der Waals surface area (Å²) in [5.74, 6) is 0.973. The minimum absolute atomic E-state index is 0.486. The minimum Gasteiger partial charge on any atom is -0.443 e. The molecule has 0 N–H and O–H groups in total. The number of hydrogen-bond donors (Lipinski definition) is 0. The lowest BCUT2D eigenvalue weighted by atomic mass is 9.85. The van der Waals surface area contributed by atoms with Gasteiger partial charge in [-0.2, -0.15) is 0 Å². The first kappa shape index (κ1) is 26.0. The third kappa shape index (κ3) is 4.35. The maximum absolute atomic E-state index is 5.62. The molecule has 0 atom stereocenters. The molecule has 5 aromatic carbocycles. The fraction of sp³-hybridized carbons (Fsp3) is 0. The molecule has 9 rings (SSSR count). The normalized spacial score (nSPS) is 11.5. The summed E-state index contributed by atoms with van der Waals surface area (Å²) in [7, 11) is 0. The van der Waals surface area contributed by atoms with Crippen LogP contribution in [0.25, 0.3) is 88.9 Å². The van der Waals surface area contributed by atoms with E-state index in [4.69, 9.17) is 8.83 Å². The van der Waals surface area contributed by atoms with Crippen LogP contribution < -0.4 is 0 Å². The Balaban J connectivity index is 1.36. The number of aromatic nitrogens is 4. The molecular weight excluding hydrogens is 568 g/mol. The van der Waals surface area contributed by atoms with Crippen molar-refractivity contribution in [3.63, 3.8) is 0 Å². The second kappa shape index (κ2) is 10.6. The predicted octanol–water partition coefficient (Wildman–Crippen LogP) is 10.2. The smallest absolute Gasteiger partial charge is 0.245 e. The Labute approximate surface area is 263 Å². The molecule has 6 heteroatoms. The number of pyridine rings is 2. The molecule has 0 unspecified atom stereocenters. The van der Waals surface area contributed by atoms with Gasteiger partial charge >= 0.3 is 0 Å². The molecule has 46 heavy (non-hydrogen) atoms. The van der Waals surface area contributed by atoms with Gasteiger partial charge in [-0.15, -0.1) is 0 Å². The fourth-order valence-corrected chi connectivity index (χ4v) is 6.45. The molecule has 216 valence electrons. The van der Waals surface area contributed by atoms with E-state index in [0.717, 1.165) is 54.9 Å². The molecule has 0 aliphatic rings. The van der Waals surface area contributed by atoms with E-state index in [2.05, 4.69) is 129 Å². The van der Waals surface area contributed by atoms with Crippen molar-refractivity contribution in [1.29, 1.82) is 0 Å². The molecule has 0 fully saturated rings. The predicted molar refractivity (Wildman–Crippen MR) is 182 cm³/mol. The van der Waals surface area contributed by atoms with E-state index in [1.54, 1.807) is 24.9 Å². The molecule has 0 aliphatic carbocycles. The Morgan fingerprint density at radius 1 is 0.370 bits per heavy atom. The van der Waals surface area contributed by atoms with Gasteiger partial charge < -0.3 is 8.83 Å². The van der Waals surface area contributed by atoms with Crippen molar-refractivity contribution in [2.75, 3.05) is 0 Å². The van der Waals surface area contributed by atoms with Crippen LogP contribution in [-0.4, -0.2) is 19.9 Å². The number of fused-ring (bicyclic) bond motifs is 3. The van der Waals surface area contributed by atoms with E-state index in [1.165, 1.54) is 10.8 Å². The van der Waals surface area contributed by atoms with Gasteiger partial charge in [0.2, 0.25) is 11.8 Å². The first-order valence-electron chi connectivity index (χ1n) is 15.0. The fourth-order valence-electron chi connectivity index (χ4n) is 6.45. The van der Waals surface area contributed by atoms with Crippen molar-refractivity contribution >= 4 is 32.3 Å². The molecule has 9 aromatic rings. The SMILES string of the molecule is c1ccc2cc(-c3ccc4c(-c5ccnc(-c6ncco6)c5)c5ccccc5c(-c5ccnc(-c6ncco6)c5)c4c3)ccc2c1. The van der Waals surface area contributed by atoms with Crippen molar-refractivity contribution in [3.8, 4) is 56.6 Å². The van der Waals surface area contributed by atoms with E-state index < -0.39 is 0 Å². The van der Waals surface area contributed by atoms with Gasteiger partial charge in [0.15, 0.2) is 0 Å². The van der Waals surface area contributed by atoms with E-state index in [9.17, 15) is 0 Å². The first-order valence-corrected chi connectivity index (χ1v) is 15.0. The van der Waals surface area contributed by atoms with Crippen molar-refractivity contribution in [2.45, 2.75) is 0 Å². The first-order chi connectivity index (χ1) is 22.8. The van der Waals surface area contributed by atoms with Crippen molar-refractivity contribution < 1.29 is 8.83 Å². The maximum atomic E-state index is 5.62. The summed E-state index contributed by atoms with van der Waals surface area (Å²) >= 11 is 0. The zero-order valence-corrected chi connectivity index (χ0v) is 24.5. The topological polar surface area (TPSA) is 77.8 Å². The van der Waals surface area contributed by atoms with Gasteiger partial charge in [0, 0.05) is 12.4 Å². The van der Waals surface area contributed by atoms with Crippen LogP contribution in [0.1, 0.15) is 0 Å². The summed E-state index contributed by atoms with van der Waals surface area (Å²) in [6.07, 6.45) is 10.1. The second-order valence-corrected chi connectivity index (χ2v) is 11.2. The molecule has 0 bridgehead atoms. The maximum Gasteiger partial charge on any atom is 0.245 e. The lowest BCUT2D eigenvalue weighted by Gasteiger charge is -2.19. The highest BCUT2D eigenvalue weighted by atomic mass is 16.3. The average Bonchev–Trinajstić information content (AvgIpc) is 3.86. The molecule has 0 aliphatic heterocycles. The molecule has 0 saturated heterocycles. The van der Waals surface area contributed by atoms with E-state index >= 15 is 0 Å². The van der Waals surface area contributed by atoms with Crippen LogP contribution >= 0.6 is 0 Å². The highest BCUT2D eigenvalue weighted by molar-refractivity contribution is 6.22. The Morgan fingerprint density at radius 2 is 0.913 bits per heavy atom. The third-order valence-corrected chi connectivity index (χ3v) is 8.51. The lowest BCUT2D eigenvalue weighted by Crippen LogP contribution is -1.94. The van der Waals surface area contributed by atoms with Crippen LogP contribution in [-0.2, 0) is 0 Å². The highest BCUT2D eigenvalue weighted by Crippen LogP contribution is 2.45. The third-order valence-electron chi connectivity index (χ3n) is 8.51. The lowest BCUT2D eigenvalue weighted by molar-refractivity contribution is 0.572. The molecule has 0 amide bonds. The molecule has 0 saturated carbocycles. The summed E-state index contributed by atoms with van der Waals surface area (Å²) < 4.78 is 11.2. The monoisotopic (exact) mass is 592 g/mol.